The first kappa shape index (κ1) is 18.6. The summed E-state index contributed by atoms with van der Waals surface area (Å²) in [6.07, 6.45) is 2.03. The Morgan fingerprint density at radius 1 is 1.16 bits per heavy atom. The second kappa shape index (κ2) is 6.62. The van der Waals surface area contributed by atoms with Gasteiger partial charge in [0.25, 0.3) is 11.4 Å². The number of carbonyl (C=O) groups is 1. The van der Waals surface area contributed by atoms with Crippen LogP contribution in [0.3, 0.4) is 0 Å². The molecule has 0 N–H and O–H groups in total. The molecule has 1 aliphatic rings. The minimum atomic E-state index is -0.715. The van der Waals surface area contributed by atoms with Gasteiger partial charge in [0.05, 0.1) is 21.8 Å². The lowest BCUT2D eigenvalue weighted by Gasteiger charge is -2.06. The molecule has 0 saturated heterocycles. The van der Waals surface area contributed by atoms with Gasteiger partial charge in [-0.15, -0.1) is 0 Å². The van der Waals surface area contributed by atoms with Crippen molar-refractivity contribution in [3.8, 4) is 0 Å². The van der Waals surface area contributed by atoms with E-state index in [9.17, 15) is 25.0 Å². The average Bonchev–Trinajstić information content (AvgIpc) is 3.04. The van der Waals surface area contributed by atoms with Crippen molar-refractivity contribution in [1.29, 1.82) is 0 Å². The van der Waals surface area contributed by atoms with Crippen LogP contribution in [0.1, 0.15) is 33.3 Å². The highest BCUT2D eigenvalue weighted by molar-refractivity contribution is 5.78. The van der Waals surface area contributed by atoms with Crippen LogP contribution in [0, 0.1) is 37.5 Å². The van der Waals surface area contributed by atoms with Gasteiger partial charge in [0.2, 0.25) is 0 Å². The molecule has 0 aliphatic heterocycles. The van der Waals surface area contributed by atoms with Gasteiger partial charge in [-0.1, -0.05) is 25.5 Å². The molecular weight excluding hydrogens is 328 g/mol. The van der Waals surface area contributed by atoms with Gasteiger partial charge in [0.15, 0.2) is 0 Å². The quantitative estimate of drug-likeness (QED) is 0.334. The maximum Gasteiger partial charge on any atom is 0.310 e. The van der Waals surface area contributed by atoms with Crippen molar-refractivity contribution < 1.29 is 19.4 Å². The van der Waals surface area contributed by atoms with E-state index in [1.165, 1.54) is 12.1 Å². The second-order valence-electron chi connectivity index (χ2n) is 7.05. The molecule has 1 fully saturated rings. The van der Waals surface area contributed by atoms with Gasteiger partial charge >= 0.3 is 5.97 Å². The summed E-state index contributed by atoms with van der Waals surface area (Å²) >= 11 is 0. The monoisotopic (exact) mass is 348 g/mol. The minimum Gasteiger partial charge on any atom is -0.461 e. The van der Waals surface area contributed by atoms with E-state index in [-0.39, 0.29) is 29.4 Å². The van der Waals surface area contributed by atoms with Gasteiger partial charge in [-0.05, 0) is 25.2 Å². The molecule has 0 amide bonds. The van der Waals surface area contributed by atoms with Gasteiger partial charge in [0, 0.05) is 17.7 Å². The molecule has 0 bridgehead atoms. The van der Waals surface area contributed by atoms with Crippen LogP contribution >= 0.6 is 0 Å². The van der Waals surface area contributed by atoms with Crippen LogP contribution in [-0.4, -0.2) is 15.8 Å². The Morgan fingerprint density at radius 3 is 2.12 bits per heavy atom. The number of ether oxygens (including phenoxy) is 1. The first-order valence-corrected chi connectivity index (χ1v) is 7.78. The molecule has 1 aromatic carbocycles. The topological polar surface area (TPSA) is 113 Å². The number of hydrogen-bond donors (Lipinski definition) is 0. The van der Waals surface area contributed by atoms with Crippen LogP contribution in [-0.2, 0) is 16.1 Å². The lowest BCUT2D eigenvalue weighted by molar-refractivity contribution is -0.394. The zero-order valence-electron chi connectivity index (χ0n) is 14.5. The molecule has 0 unspecified atom stereocenters. The third kappa shape index (κ3) is 4.01. The molecular formula is C17H20N2O6. The van der Waals surface area contributed by atoms with Gasteiger partial charge in [-0.25, -0.2) is 0 Å². The van der Waals surface area contributed by atoms with E-state index in [4.69, 9.17) is 4.74 Å². The van der Waals surface area contributed by atoms with E-state index >= 15 is 0 Å². The van der Waals surface area contributed by atoms with Crippen molar-refractivity contribution in [2.24, 2.45) is 17.3 Å². The third-order valence-corrected chi connectivity index (χ3v) is 4.44. The van der Waals surface area contributed by atoms with Crippen molar-refractivity contribution >= 4 is 17.3 Å². The van der Waals surface area contributed by atoms with Crippen molar-refractivity contribution in [2.75, 3.05) is 0 Å². The number of hydrogen-bond acceptors (Lipinski definition) is 6. The summed E-state index contributed by atoms with van der Waals surface area (Å²) in [6, 6.07) is 3.22. The fourth-order valence-electron chi connectivity index (χ4n) is 2.99. The van der Waals surface area contributed by atoms with E-state index in [1.807, 2.05) is 33.8 Å². The van der Waals surface area contributed by atoms with Crippen LogP contribution in [0.25, 0.3) is 0 Å². The summed E-state index contributed by atoms with van der Waals surface area (Å²) in [5.74, 6) is -0.595. The van der Waals surface area contributed by atoms with E-state index < -0.39 is 27.2 Å². The number of benzene rings is 1. The van der Waals surface area contributed by atoms with E-state index in [2.05, 4.69) is 0 Å². The lowest BCUT2D eigenvalue weighted by atomic mass is 10.1. The molecule has 1 saturated carbocycles. The van der Waals surface area contributed by atoms with Gasteiger partial charge < -0.3 is 4.74 Å². The fraction of sp³-hybridized carbons (Fsp3) is 0.471. The zero-order valence-corrected chi connectivity index (χ0v) is 14.5. The SMILES string of the molecule is CC(C)=C[C@@H]1[C@@H](C(=O)OCc2cc([N+](=O)[O-])cc([N+](=O)[O-])c2)C1(C)C. The minimum absolute atomic E-state index is 0.0874. The predicted molar refractivity (Wildman–Crippen MR) is 89.7 cm³/mol. The molecule has 2 rings (SSSR count). The highest BCUT2D eigenvalue weighted by atomic mass is 16.6. The summed E-state index contributed by atoms with van der Waals surface area (Å²) in [5.41, 5.74) is 0.307. The molecule has 1 aromatic rings. The summed E-state index contributed by atoms with van der Waals surface area (Å²) in [4.78, 5) is 32.6. The Labute approximate surface area is 144 Å². The van der Waals surface area contributed by atoms with Gasteiger partial charge in [0.1, 0.15) is 6.61 Å². The number of allylic oxidation sites excluding steroid dienone is 2. The summed E-state index contributed by atoms with van der Waals surface area (Å²) in [6.45, 7) is 7.62. The predicted octanol–water partition coefficient (Wildman–Crippen LogP) is 3.78. The standard InChI is InChI=1S/C17H20N2O6/c1-10(2)5-14-15(17(14,3)4)16(20)25-9-11-6-12(18(21)22)8-13(7-11)19(23)24/h5-8,14-15H,9H2,1-4H3/t14-,15+/m1/s1. The largest absolute Gasteiger partial charge is 0.461 e. The number of esters is 1. The maximum absolute atomic E-state index is 12.3. The first-order valence-electron chi connectivity index (χ1n) is 7.78. The van der Waals surface area contributed by atoms with Crippen molar-refractivity contribution in [3.63, 3.8) is 0 Å². The number of non-ortho nitro benzene ring substituents is 2. The summed E-state index contributed by atoms with van der Waals surface area (Å²) in [5, 5.41) is 21.8. The molecule has 0 radical (unpaired) electrons. The molecule has 0 aromatic heterocycles. The zero-order chi connectivity index (χ0) is 18.9. The van der Waals surface area contributed by atoms with Gasteiger partial charge in [-0.2, -0.15) is 0 Å². The van der Waals surface area contributed by atoms with Crippen molar-refractivity contribution in [3.05, 3.63) is 55.6 Å². The Kier molecular flexibility index (Phi) is 4.92. The molecule has 8 nitrogen and oxygen atoms in total. The van der Waals surface area contributed by atoms with Crippen molar-refractivity contribution in [1.82, 2.24) is 0 Å². The van der Waals surface area contributed by atoms with Crippen LogP contribution in [0.5, 0.6) is 0 Å². The Morgan fingerprint density at radius 2 is 1.68 bits per heavy atom. The van der Waals surface area contributed by atoms with Crippen LogP contribution < -0.4 is 0 Å². The second-order valence-corrected chi connectivity index (χ2v) is 7.05. The van der Waals surface area contributed by atoms with E-state index in [1.54, 1.807) is 0 Å². The highest BCUT2D eigenvalue weighted by Gasteiger charge is 2.61. The summed E-state index contributed by atoms with van der Waals surface area (Å²) in [7, 11) is 0. The average molecular weight is 348 g/mol. The third-order valence-electron chi connectivity index (χ3n) is 4.44. The van der Waals surface area contributed by atoms with Crippen LogP contribution in [0.15, 0.2) is 29.8 Å². The summed E-state index contributed by atoms with van der Waals surface area (Å²) < 4.78 is 5.26. The molecule has 2 atom stereocenters. The number of rotatable bonds is 6. The molecule has 8 heteroatoms. The van der Waals surface area contributed by atoms with Gasteiger partial charge in [-0.3, -0.25) is 25.0 Å². The smallest absolute Gasteiger partial charge is 0.310 e. The number of nitro groups is 2. The van der Waals surface area contributed by atoms with Crippen LogP contribution in [0.4, 0.5) is 11.4 Å². The molecule has 0 heterocycles. The Hall–Kier alpha value is -2.77. The Balaban J connectivity index is 2.11. The van der Waals surface area contributed by atoms with Crippen LogP contribution in [0.2, 0.25) is 0 Å². The number of carbonyl (C=O) groups excluding carboxylic acids is 1. The van der Waals surface area contributed by atoms with E-state index in [0.717, 1.165) is 11.6 Å². The normalized spacial score (nSPS) is 20.5. The lowest BCUT2D eigenvalue weighted by Crippen LogP contribution is -2.11. The molecule has 0 spiro atoms. The van der Waals surface area contributed by atoms with E-state index in [0.29, 0.717) is 0 Å². The molecule has 134 valence electrons. The van der Waals surface area contributed by atoms with Crippen molar-refractivity contribution in [2.45, 2.75) is 34.3 Å². The highest BCUT2D eigenvalue weighted by Crippen LogP contribution is 2.59. The molecule has 25 heavy (non-hydrogen) atoms. The number of nitrogens with zero attached hydrogens (tertiary/aromatic N) is 2. The fourth-order valence-corrected chi connectivity index (χ4v) is 2.99. The maximum atomic E-state index is 12.3. The number of nitro benzene ring substituents is 2. The Bertz CT molecular complexity index is 732. The first-order chi connectivity index (χ1) is 11.5. The molecule has 1 aliphatic carbocycles.